The number of hydrogen-bond acceptors (Lipinski definition) is 4. The molecule has 168 valence electrons. The van der Waals surface area contributed by atoms with E-state index in [1.54, 1.807) is 4.90 Å². The molecule has 1 aliphatic rings. The summed E-state index contributed by atoms with van der Waals surface area (Å²) in [6, 6.07) is 19.0. The molecule has 4 aromatic rings. The topological polar surface area (TPSA) is 72.2 Å². The largest absolute Gasteiger partial charge is 0.330 e. The van der Waals surface area contributed by atoms with Gasteiger partial charge in [-0.05, 0) is 49.2 Å². The molecule has 7 nitrogen and oxygen atoms in total. The van der Waals surface area contributed by atoms with E-state index in [4.69, 9.17) is 0 Å². The van der Waals surface area contributed by atoms with E-state index in [0.717, 1.165) is 34.0 Å². The molecule has 0 aliphatic carbocycles. The summed E-state index contributed by atoms with van der Waals surface area (Å²) in [5.41, 5.74) is 3.57. The van der Waals surface area contributed by atoms with Crippen LogP contribution in [0.3, 0.4) is 0 Å². The lowest BCUT2D eigenvalue weighted by atomic mass is 10.2. The van der Waals surface area contributed by atoms with E-state index < -0.39 is 6.04 Å². The molecular formula is C25H25N5O2S. The Bertz CT molecular complexity index is 1300. The molecule has 2 aromatic carbocycles. The van der Waals surface area contributed by atoms with Crippen LogP contribution in [0.4, 0.5) is 5.69 Å². The summed E-state index contributed by atoms with van der Waals surface area (Å²) >= 11 is 1.41. The second kappa shape index (κ2) is 9.15. The highest BCUT2D eigenvalue weighted by Crippen LogP contribution is 2.26. The third-order valence-corrected chi connectivity index (χ3v) is 7.01. The number of likely N-dealkylation sites (tertiary alicyclic amines) is 1. The number of anilines is 1. The molecule has 33 heavy (non-hydrogen) atoms. The van der Waals surface area contributed by atoms with Gasteiger partial charge < -0.3 is 19.4 Å². The number of carbonyl (C=O) groups is 2. The van der Waals surface area contributed by atoms with Crippen LogP contribution in [0.1, 0.15) is 12.8 Å². The van der Waals surface area contributed by atoms with E-state index in [-0.39, 0.29) is 17.6 Å². The molecular weight excluding hydrogens is 434 g/mol. The van der Waals surface area contributed by atoms with Crippen molar-refractivity contribution in [3.63, 3.8) is 0 Å². The second-order valence-electron chi connectivity index (χ2n) is 8.07. The van der Waals surface area contributed by atoms with Crippen LogP contribution in [0.5, 0.6) is 0 Å². The van der Waals surface area contributed by atoms with Crippen LogP contribution in [0.25, 0.3) is 16.7 Å². The van der Waals surface area contributed by atoms with Gasteiger partial charge in [0.25, 0.3) is 0 Å². The van der Waals surface area contributed by atoms with Crippen molar-refractivity contribution < 1.29 is 9.59 Å². The van der Waals surface area contributed by atoms with Gasteiger partial charge in [-0.15, -0.1) is 0 Å². The predicted octanol–water partition coefficient (Wildman–Crippen LogP) is 4.09. The minimum absolute atomic E-state index is 0.0385. The standard InChI is InChI=1S/C25H25N5O2S/c1-28-20-11-4-2-9-18(20)27-25(28)33-17-23(31)30-16-8-13-22(30)24(32)26-19-10-3-5-12-21(19)29-14-6-7-15-29/h2-7,9-12,14-15,22H,8,13,16-17H2,1H3,(H,26,32)/t22-/m0/s1. The first-order valence-electron chi connectivity index (χ1n) is 11.0. The number of thioether (sulfide) groups is 1. The molecule has 0 spiro atoms. The molecule has 1 fully saturated rings. The summed E-state index contributed by atoms with van der Waals surface area (Å²) in [6.45, 7) is 0.596. The maximum absolute atomic E-state index is 13.2. The second-order valence-corrected chi connectivity index (χ2v) is 9.02. The lowest BCUT2D eigenvalue weighted by molar-refractivity contribution is -0.134. The number of imidazole rings is 1. The van der Waals surface area contributed by atoms with Crippen LogP contribution in [0.15, 0.2) is 78.2 Å². The molecule has 0 unspecified atom stereocenters. The van der Waals surface area contributed by atoms with Crippen molar-refractivity contribution >= 4 is 40.3 Å². The quantitative estimate of drug-likeness (QED) is 0.441. The Morgan fingerprint density at radius 1 is 1.06 bits per heavy atom. The van der Waals surface area contributed by atoms with Gasteiger partial charge in [-0.2, -0.15) is 0 Å². The van der Waals surface area contributed by atoms with E-state index in [1.165, 1.54) is 11.8 Å². The third kappa shape index (κ3) is 4.26. The smallest absolute Gasteiger partial charge is 0.247 e. The summed E-state index contributed by atoms with van der Waals surface area (Å²) in [5.74, 6) is 0.0672. The zero-order valence-corrected chi connectivity index (χ0v) is 19.2. The molecule has 8 heteroatoms. The van der Waals surface area contributed by atoms with Gasteiger partial charge in [0, 0.05) is 26.0 Å². The Kier molecular flexibility index (Phi) is 5.92. The van der Waals surface area contributed by atoms with Crippen molar-refractivity contribution in [2.45, 2.75) is 24.0 Å². The minimum atomic E-state index is -0.462. The number of benzene rings is 2. The minimum Gasteiger partial charge on any atom is -0.330 e. The van der Waals surface area contributed by atoms with Crippen LogP contribution in [0.2, 0.25) is 0 Å². The van der Waals surface area contributed by atoms with Crippen LogP contribution < -0.4 is 5.32 Å². The lowest BCUT2D eigenvalue weighted by Crippen LogP contribution is -2.44. The van der Waals surface area contributed by atoms with Gasteiger partial charge in [-0.25, -0.2) is 4.98 Å². The van der Waals surface area contributed by atoms with Gasteiger partial charge in [-0.1, -0.05) is 36.0 Å². The van der Waals surface area contributed by atoms with Gasteiger partial charge in [0.1, 0.15) is 6.04 Å². The first-order valence-corrected chi connectivity index (χ1v) is 12.0. The fourth-order valence-electron chi connectivity index (χ4n) is 4.32. The highest BCUT2D eigenvalue weighted by atomic mass is 32.2. The van der Waals surface area contributed by atoms with Crippen molar-refractivity contribution in [1.82, 2.24) is 19.0 Å². The molecule has 2 aromatic heterocycles. The number of fused-ring (bicyclic) bond motifs is 1. The molecule has 0 radical (unpaired) electrons. The molecule has 0 bridgehead atoms. The predicted molar refractivity (Wildman–Crippen MR) is 131 cm³/mol. The number of para-hydroxylation sites is 4. The Morgan fingerprint density at radius 3 is 2.64 bits per heavy atom. The highest BCUT2D eigenvalue weighted by molar-refractivity contribution is 7.99. The molecule has 1 aliphatic heterocycles. The number of aryl methyl sites for hydroxylation is 1. The first kappa shape index (κ1) is 21.3. The van der Waals surface area contributed by atoms with Gasteiger partial charge >= 0.3 is 0 Å². The summed E-state index contributed by atoms with van der Waals surface area (Å²) < 4.78 is 3.96. The molecule has 1 N–H and O–H groups in total. The zero-order chi connectivity index (χ0) is 22.8. The van der Waals surface area contributed by atoms with Gasteiger partial charge in [-0.3, -0.25) is 9.59 Å². The number of amides is 2. The molecule has 0 saturated carbocycles. The Labute approximate surface area is 196 Å². The fraction of sp³-hybridized carbons (Fsp3) is 0.240. The summed E-state index contributed by atoms with van der Waals surface area (Å²) in [6.07, 6.45) is 5.36. The van der Waals surface area contributed by atoms with Crippen molar-refractivity contribution in [2.75, 3.05) is 17.6 Å². The van der Waals surface area contributed by atoms with E-state index in [1.807, 2.05) is 89.2 Å². The average Bonchev–Trinajstić information content (AvgIpc) is 3.59. The van der Waals surface area contributed by atoms with Crippen LogP contribution in [-0.4, -0.2) is 49.2 Å². The monoisotopic (exact) mass is 459 g/mol. The van der Waals surface area contributed by atoms with Crippen LogP contribution in [0, 0.1) is 0 Å². The normalized spacial score (nSPS) is 15.8. The summed E-state index contributed by atoms with van der Waals surface area (Å²) in [5, 5.41) is 3.85. The zero-order valence-electron chi connectivity index (χ0n) is 18.3. The van der Waals surface area contributed by atoms with Gasteiger partial charge in [0.15, 0.2) is 5.16 Å². The van der Waals surface area contributed by atoms with E-state index in [9.17, 15) is 9.59 Å². The molecule has 1 saturated heterocycles. The summed E-state index contributed by atoms with van der Waals surface area (Å²) in [7, 11) is 1.95. The van der Waals surface area contributed by atoms with E-state index >= 15 is 0 Å². The summed E-state index contributed by atoms with van der Waals surface area (Å²) in [4.78, 5) is 32.5. The van der Waals surface area contributed by atoms with E-state index in [0.29, 0.717) is 13.0 Å². The Hall–Kier alpha value is -3.52. The molecule has 3 heterocycles. The van der Waals surface area contributed by atoms with Gasteiger partial charge in [0.05, 0.1) is 28.2 Å². The van der Waals surface area contributed by atoms with Crippen molar-refractivity contribution in [1.29, 1.82) is 0 Å². The third-order valence-electron chi connectivity index (χ3n) is 5.99. The van der Waals surface area contributed by atoms with Crippen LogP contribution in [-0.2, 0) is 16.6 Å². The number of aromatic nitrogens is 3. The van der Waals surface area contributed by atoms with Crippen molar-refractivity contribution in [2.24, 2.45) is 7.05 Å². The molecule has 1 atom stereocenters. The first-order chi connectivity index (χ1) is 16.1. The number of carbonyl (C=O) groups excluding carboxylic acids is 2. The van der Waals surface area contributed by atoms with Crippen LogP contribution >= 0.6 is 11.8 Å². The maximum atomic E-state index is 13.2. The molecule has 5 rings (SSSR count). The number of rotatable bonds is 6. The molecule has 2 amide bonds. The van der Waals surface area contributed by atoms with Crippen molar-refractivity contribution in [3.8, 4) is 5.69 Å². The lowest BCUT2D eigenvalue weighted by Gasteiger charge is -2.24. The Morgan fingerprint density at radius 2 is 1.82 bits per heavy atom. The number of nitrogens with one attached hydrogen (secondary N) is 1. The highest BCUT2D eigenvalue weighted by Gasteiger charge is 2.34. The van der Waals surface area contributed by atoms with Gasteiger partial charge in [0.2, 0.25) is 11.8 Å². The Balaban J connectivity index is 1.27. The number of hydrogen-bond donors (Lipinski definition) is 1. The number of nitrogens with zero attached hydrogens (tertiary/aromatic N) is 4. The van der Waals surface area contributed by atoms with E-state index in [2.05, 4.69) is 10.3 Å². The van der Waals surface area contributed by atoms with Crippen molar-refractivity contribution in [3.05, 3.63) is 73.1 Å². The fourth-order valence-corrected chi connectivity index (χ4v) is 5.19. The maximum Gasteiger partial charge on any atom is 0.247 e. The average molecular weight is 460 g/mol. The SMILES string of the molecule is Cn1c(SCC(=O)N2CCC[C@H]2C(=O)Nc2ccccc2-n2cccc2)nc2ccccc21.